The second-order valence-electron chi connectivity index (χ2n) is 5.47. The van der Waals surface area contributed by atoms with Crippen LogP contribution >= 0.6 is 0 Å². The number of pyridine rings is 1. The zero-order chi connectivity index (χ0) is 16.7. The van der Waals surface area contributed by atoms with E-state index in [4.69, 9.17) is 15.2 Å². The Morgan fingerprint density at radius 3 is 3.12 bits per heavy atom. The van der Waals surface area contributed by atoms with Gasteiger partial charge in [0.15, 0.2) is 12.4 Å². The molecule has 0 aliphatic carbocycles. The Hall–Kier alpha value is -2.87. The van der Waals surface area contributed by atoms with Crippen LogP contribution in [0.15, 0.2) is 18.2 Å². The number of carbonyl (C=O) groups is 1. The van der Waals surface area contributed by atoms with E-state index in [-0.39, 0.29) is 6.61 Å². The minimum atomic E-state index is -0.442. The molecule has 0 spiro atoms. The summed E-state index contributed by atoms with van der Waals surface area (Å²) >= 11 is 0. The SMILES string of the molecule is COC(=O)COc1ccc2c(c1)nc(N)c1nc3n(c12)CCOC3. The van der Waals surface area contributed by atoms with E-state index in [0.29, 0.717) is 35.8 Å². The quantitative estimate of drug-likeness (QED) is 0.722. The van der Waals surface area contributed by atoms with Gasteiger partial charge in [-0.1, -0.05) is 0 Å². The Morgan fingerprint density at radius 2 is 2.29 bits per heavy atom. The lowest BCUT2D eigenvalue weighted by Crippen LogP contribution is -2.16. The van der Waals surface area contributed by atoms with Crippen LogP contribution in [0.1, 0.15) is 5.82 Å². The number of methoxy groups -OCH3 is 1. The van der Waals surface area contributed by atoms with Gasteiger partial charge in [0.2, 0.25) is 0 Å². The molecule has 4 rings (SSSR count). The summed E-state index contributed by atoms with van der Waals surface area (Å²) in [6, 6.07) is 5.45. The lowest BCUT2D eigenvalue weighted by molar-refractivity contribution is -0.142. The van der Waals surface area contributed by atoms with Gasteiger partial charge in [-0.05, 0) is 12.1 Å². The van der Waals surface area contributed by atoms with Crippen LogP contribution in [0.4, 0.5) is 5.82 Å². The van der Waals surface area contributed by atoms with Crippen LogP contribution in [0.2, 0.25) is 0 Å². The van der Waals surface area contributed by atoms with Gasteiger partial charge in [-0.3, -0.25) is 0 Å². The molecular formula is C16H16N4O4. The predicted octanol–water partition coefficient (Wildman–Crippen LogP) is 1.25. The Morgan fingerprint density at radius 1 is 1.42 bits per heavy atom. The van der Waals surface area contributed by atoms with Crippen LogP contribution in [-0.4, -0.2) is 40.8 Å². The van der Waals surface area contributed by atoms with Gasteiger partial charge in [0.05, 0.1) is 24.8 Å². The van der Waals surface area contributed by atoms with E-state index in [9.17, 15) is 4.79 Å². The maximum absolute atomic E-state index is 11.2. The molecule has 0 unspecified atom stereocenters. The molecule has 1 aliphatic heterocycles. The van der Waals surface area contributed by atoms with Gasteiger partial charge >= 0.3 is 5.97 Å². The number of hydrogen-bond donors (Lipinski definition) is 1. The highest BCUT2D eigenvalue weighted by Crippen LogP contribution is 2.31. The summed E-state index contributed by atoms with van der Waals surface area (Å²) in [5.74, 6) is 1.30. The smallest absolute Gasteiger partial charge is 0.343 e. The number of fused-ring (bicyclic) bond motifs is 5. The summed E-state index contributed by atoms with van der Waals surface area (Å²) < 4.78 is 17.6. The third-order valence-electron chi connectivity index (χ3n) is 4.03. The van der Waals surface area contributed by atoms with E-state index in [0.717, 1.165) is 23.3 Å². The first-order valence-electron chi connectivity index (χ1n) is 7.53. The maximum atomic E-state index is 11.2. The predicted molar refractivity (Wildman–Crippen MR) is 86.6 cm³/mol. The molecule has 2 aromatic heterocycles. The van der Waals surface area contributed by atoms with E-state index in [1.807, 2.05) is 6.07 Å². The lowest BCUT2D eigenvalue weighted by atomic mass is 10.1. The number of rotatable bonds is 3. The molecule has 1 aliphatic rings. The molecule has 0 atom stereocenters. The molecule has 0 radical (unpaired) electrons. The monoisotopic (exact) mass is 328 g/mol. The summed E-state index contributed by atoms with van der Waals surface area (Å²) in [6.07, 6.45) is 0. The second kappa shape index (κ2) is 5.64. The number of aromatic nitrogens is 3. The Balaban J connectivity index is 1.83. The zero-order valence-corrected chi connectivity index (χ0v) is 13.1. The normalized spacial score (nSPS) is 13.9. The average molecular weight is 328 g/mol. The van der Waals surface area contributed by atoms with Gasteiger partial charge in [-0.15, -0.1) is 0 Å². The van der Waals surface area contributed by atoms with Gasteiger partial charge in [-0.25, -0.2) is 14.8 Å². The van der Waals surface area contributed by atoms with Gasteiger partial charge in [0.1, 0.15) is 23.7 Å². The molecule has 0 saturated heterocycles. The molecule has 3 heterocycles. The van der Waals surface area contributed by atoms with Crippen LogP contribution in [0, 0.1) is 0 Å². The number of carbonyl (C=O) groups excluding carboxylic acids is 1. The molecule has 0 fully saturated rings. The first-order valence-corrected chi connectivity index (χ1v) is 7.53. The van der Waals surface area contributed by atoms with Crippen molar-refractivity contribution in [3.63, 3.8) is 0 Å². The van der Waals surface area contributed by atoms with Gasteiger partial charge in [0.25, 0.3) is 0 Å². The molecule has 1 aromatic carbocycles. The molecule has 3 aromatic rings. The van der Waals surface area contributed by atoms with Crippen molar-refractivity contribution in [1.82, 2.24) is 14.5 Å². The number of benzene rings is 1. The summed E-state index contributed by atoms with van der Waals surface area (Å²) in [6.45, 7) is 1.68. The number of nitrogen functional groups attached to an aromatic ring is 1. The van der Waals surface area contributed by atoms with Gasteiger partial charge in [-0.2, -0.15) is 0 Å². The molecule has 2 N–H and O–H groups in total. The van der Waals surface area contributed by atoms with E-state index < -0.39 is 5.97 Å². The Kier molecular flexibility index (Phi) is 3.46. The first-order chi connectivity index (χ1) is 11.7. The maximum Gasteiger partial charge on any atom is 0.343 e. The standard InChI is InChI=1S/C16H16N4O4/c1-22-13(21)8-24-9-2-3-10-11(6-9)18-16(17)14-15(10)20-4-5-23-7-12(20)19-14/h2-3,6H,4-5,7-8H2,1H3,(H2,17,18). The number of anilines is 1. The van der Waals surface area contributed by atoms with E-state index >= 15 is 0 Å². The molecule has 8 nitrogen and oxygen atoms in total. The van der Waals surface area contributed by atoms with Crippen molar-refractivity contribution < 1.29 is 19.0 Å². The lowest BCUT2D eigenvalue weighted by Gasteiger charge is -2.15. The fraction of sp³-hybridized carbons (Fsp3) is 0.312. The zero-order valence-electron chi connectivity index (χ0n) is 13.1. The number of ether oxygens (including phenoxy) is 3. The highest BCUT2D eigenvalue weighted by molar-refractivity contribution is 6.07. The number of hydrogen-bond acceptors (Lipinski definition) is 7. The minimum Gasteiger partial charge on any atom is -0.482 e. The molecule has 0 bridgehead atoms. The first kappa shape index (κ1) is 14.7. The second-order valence-corrected chi connectivity index (χ2v) is 5.47. The van der Waals surface area contributed by atoms with Crippen molar-refractivity contribution >= 4 is 33.7 Å². The van der Waals surface area contributed by atoms with Gasteiger partial charge in [0, 0.05) is 18.0 Å². The van der Waals surface area contributed by atoms with Crippen LogP contribution in [0.3, 0.4) is 0 Å². The topological polar surface area (TPSA) is 101 Å². The molecular weight excluding hydrogens is 312 g/mol. The van der Waals surface area contributed by atoms with E-state index in [1.165, 1.54) is 7.11 Å². The number of esters is 1. The van der Waals surface area contributed by atoms with Crippen LogP contribution in [-0.2, 0) is 27.4 Å². The largest absolute Gasteiger partial charge is 0.482 e. The fourth-order valence-electron chi connectivity index (χ4n) is 2.90. The van der Waals surface area contributed by atoms with Crippen LogP contribution in [0.25, 0.3) is 21.9 Å². The van der Waals surface area contributed by atoms with Crippen LogP contribution in [0.5, 0.6) is 5.75 Å². The van der Waals surface area contributed by atoms with Crippen molar-refractivity contribution in [3.8, 4) is 5.75 Å². The molecule has 0 amide bonds. The third kappa shape index (κ3) is 2.31. The van der Waals surface area contributed by atoms with Gasteiger partial charge < -0.3 is 24.5 Å². The number of nitrogens with two attached hydrogens (primary N) is 1. The molecule has 24 heavy (non-hydrogen) atoms. The van der Waals surface area contributed by atoms with Crippen molar-refractivity contribution in [2.75, 3.05) is 26.1 Å². The molecule has 124 valence electrons. The highest BCUT2D eigenvalue weighted by atomic mass is 16.6. The molecule has 8 heteroatoms. The van der Waals surface area contributed by atoms with Crippen LogP contribution < -0.4 is 10.5 Å². The highest BCUT2D eigenvalue weighted by Gasteiger charge is 2.20. The summed E-state index contributed by atoms with van der Waals surface area (Å²) in [5, 5.41) is 0.935. The summed E-state index contributed by atoms with van der Waals surface area (Å²) in [5.41, 5.74) is 8.42. The Labute approximate surface area is 137 Å². The minimum absolute atomic E-state index is 0.154. The molecule has 0 saturated carbocycles. The number of imidazole rings is 1. The van der Waals surface area contributed by atoms with Crippen molar-refractivity contribution in [1.29, 1.82) is 0 Å². The summed E-state index contributed by atoms with van der Waals surface area (Å²) in [7, 11) is 1.32. The van der Waals surface area contributed by atoms with E-state index in [2.05, 4.69) is 19.3 Å². The van der Waals surface area contributed by atoms with Crippen molar-refractivity contribution in [3.05, 3.63) is 24.0 Å². The van der Waals surface area contributed by atoms with Crippen molar-refractivity contribution in [2.24, 2.45) is 0 Å². The third-order valence-corrected chi connectivity index (χ3v) is 4.03. The van der Waals surface area contributed by atoms with E-state index in [1.54, 1.807) is 12.1 Å². The Bertz CT molecular complexity index is 950. The average Bonchev–Trinajstić information content (AvgIpc) is 3.00. The van der Waals surface area contributed by atoms with Crippen molar-refractivity contribution in [2.45, 2.75) is 13.2 Å². The number of nitrogens with zero attached hydrogens (tertiary/aromatic N) is 3. The fourth-order valence-corrected chi connectivity index (χ4v) is 2.90. The summed E-state index contributed by atoms with van der Waals surface area (Å²) in [4.78, 5) is 20.2.